The number of hydrogen-bond donors (Lipinski definition) is 1. The number of carbonyl (C=O) groups excluding carboxylic acids is 1. The number of rotatable bonds is 6. The maximum atomic E-state index is 11.9. The normalized spacial score (nSPS) is 13.9. The third kappa shape index (κ3) is 4.11. The molecule has 3 rings (SSSR count). The van der Waals surface area contributed by atoms with Crippen LogP contribution in [-0.4, -0.2) is 29.1 Å². The van der Waals surface area contributed by atoms with E-state index in [2.05, 4.69) is 15.3 Å². The second kappa shape index (κ2) is 6.66. The predicted molar refractivity (Wildman–Crippen MR) is 84.4 cm³/mol. The third-order valence-corrected chi connectivity index (χ3v) is 3.50. The number of anilines is 1. The Labute approximate surface area is 129 Å². The van der Waals surface area contributed by atoms with Crippen LogP contribution < -0.4 is 5.32 Å². The van der Waals surface area contributed by atoms with Crippen LogP contribution in [-0.2, 0) is 9.53 Å². The molecular weight excluding hydrogens is 278 g/mol. The molecule has 1 aromatic heterocycles. The van der Waals surface area contributed by atoms with E-state index in [9.17, 15) is 4.79 Å². The first kappa shape index (κ1) is 14.7. The molecule has 0 unspecified atom stereocenters. The van der Waals surface area contributed by atoms with E-state index in [0.717, 1.165) is 22.8 Å². The minimum absolute atomic E-state index is 0.105. The van der Waals surface area contributed by atoms with Crippen molar-refractivity contribution >= 4 is 11.6 Å². The molecule has 22 heavy (non-hydrogen) atoms. The van der Waals surface area contributed by atoms with Crippen LogP contribution in [0.25, 0.3) is 11.3 Å². The maximum Gasteiger partial charge on any atom is 0.250 e. The minimum atomic E-state index is -0.128. The van der Waals surface area contributed by atoms with E-state index in [1.54, 1.807) is 6.20 Å². The summed E-state index contributed by atoms with van der Waals surface area (Å²) in [6, 6.07) is 9.47. The molecule has 0 spiro atoms. The van der Waals surface area contributed by atoms with Crippen molar-refractivity contribution in [3.8, 4) is 11.3 Å². The Hall–Kier alpha value is -2.27. The predicted octanol–water partition coefficient (Wildman–Crippen LogP) is 2.82. The topological polar surface area (TPSA) is 64.1 Å². The van der Waals surface area contributed by atoms with Crippen LogP contribution in [0.4, 0.5) is 5.69 Å². The van der Waals surface area contributed by atoms with Gasteiger partial charge in [0.05, 0.1) is 12.3 Å². The van der Waals surface area contributed by atoms with Gasteiger partial charge in [0.25, 0.3) is 0 Å². The monoisotopic (exact) mass is 297 g/mol. The lowest BCUT2D eigenvalue weighted by Gasteiger charge is -2.08. The lowest BCUT2D eigenvalue weighted by molar-refractivity contribution is -0.120. The van der Waals surface area contributed by atoms with Crippen LogP contribution in [0.1, 0.15) is 18.7 Å². The molecule has 0 atom stereocenters. The first-order chi connectivity index (χ1) is 10.7. The number of aryl methyl sites for hydroxylation is 1. The van der Waals surface area contributed by atoms with Crippen molar-refractivity contribution in [2.24, 2.45) is 5.92 Å². The maximum absolute atomic E-state index is 11.9. The number of carbonyl (C=O) groups is 1. The average molecular weight is 297 g/mol. The summed E-state index contributed by atoms with van der Waals surface area (Å²) in [6.45, 7) is 2.65. The van der Waals surface area contributed by atoms with Gasteiger partial charge in [0, 0.05) is 17.4 Å². The molecule has 114 valence electrons. The van der Waals surface area contributed by atoms with E-state index in [1.165, 1.54) is 12.8 Å². The molecule has 0 bridgehead atoms. The number of nitrogens with zero attached hydrogens (tertiary/aromatic N) is 2. The highest BCUT2D eigenvalue weighted by Gasteiger charge is 2.21. The van der Waals surface area contributed by atoms with Gasteiger partial charge in [-0.15, -0.1) is 0 Å². The number of amides is 1. The summed E-state index contributed by atoms with van der Waals surface area (Å²) in [5.74, 6) is 1.26. The number of aromatic nitrogens is 2. The van der Waals surface area contributed by atoms with E-state index in [4.69, 9.17) is 4.74 Å². The van der Waals surface area contributed by atoms with Crippen molar-refractivity contribution in [2.75, 3.05) is 18.5 Å². The highest BCUT2D eigenvalue weighted by Crippen LogP contribution is 2.28. The van der Waals surface area contributed by atoms with Crippen LogP contribution in [0.3, 0.4) is 0 Å². The molecule has 1 N–H and O–H groups in total. The molecule has 1 heterocycles. The van der Waals surface area contributed by atoms with Crippen molar-refractivity contribution in [3.05, 3.63) is 42.4 Å². The highest BCUT2D eigenvalue weighted by molar-refractivity contribution is 5.92. The van der Waals surface area contributed by atoms with Crippen molar-refractivity contribution in [3.63, 3.8) is 0 Å². The van der Waals surface area contributed by atoms with Gasteiger partial charge in [-0.2, -0.15) is 0 Å². The summed E-state index contributed by atoms with van der Waals surface area (Å²) in [5, 5.41) is 2.85. The van der Waals surface area contributed by atoms with Crippen LogP contribution in [0.5, 0.6) is 0 Å². The highest BCUT2D eigenvalue weighted by atomic mass is 16.5. The smallest absolute Gasteiger partial charge is 0.250 e. The molecule has 0 radical (unpaired) electrons. The number of nitrogens with one attached hydrogen (secondary N) is 1. The zero-order chi connectivity index (χ0) is 15.4. The SMILES string of the molecule is Cc1nccc(-c2cccc(NC(=O)COCC3CC3)c2)n1. The van der Waals surface area contributed by atoms with E-state index in [-0.39, 0.29) is 12.5 Å². The van der Waals surface area contributed by atoms with Gasteiger partial charge in [0.15, 0.2) is 0 Å². The first-order valence-electron chi connectivity index (χ1n) is 7.48. The van der Waals surface area contributed by atoms with Crippen LogP contribution in [0.2, 0.25) is 0 Å². The summed E-state index contributed by atoms with van der Waals surface area (Å²) in [5.41, 5.74) is 2.53. The minimum Gasteiger partial charge on any atom is -0.371 e. The zero-order valence-electron chi connectivity index (χ0n) is 12.6. The second-order valence-corrected chi connectivity index (χ2v) is 5.58. The van der Waals surface area contributed by atoms with Gasteiger partial charge in [0.1, 0.15) is 12.4 Å². The van der Waals surface area contributed by atoms with Crippen molar-refractivity contribution in [1.29, 1.82) is 0 Å². The average Bonchev–Trinajstić information content (AvgIpc) is 3.32. The summed E-state index contributed by atoms with van der Waals surface area (Å²) < 4.78 is 5.39. The molecule has 1 fully saturated rings. The van der Waals surface area contributed by atoms with Gasteiger partial charge in [-0.1, -0.05) is 12.1 Å². The molecule has 1 amide bonds. The van der Waals surface area contributed by atoms with Crippen molar-refractivity contribution in [1.82, 2.24) is 9.97 Å². The summed E-state index contributed by atoms with van der Waals surface area (Å²) >= 11 is 0. The fraction of sp³-hybridized carbons (Fsp3) is 0.353. The fourth-order valence-corrected chi connectivity index (χ4v) is 2.17. The molecule has 5 nitrogen and oxygen atoms in total. The molecule has 1 aliphatic carbocycles. The molecule has 1 aliphatic rings. The molecular formula is C17H19N3O2. The molecule has 0 aliphatic heterocycles. The Kier molecular flexibility index (Phi) is 4.44. The van der Waals surface area contributed by atoms with Crippen LogP contribution in [0.15, 0.2) is 36.5 Å². The van der Waals surface area contributed by atoms with Gasteiger partial charge < -0.3 is 10.1 Å². The van der Waals surface area contributed by atoms with Gasteiger partial charge in [-0.3, -0.25) is 4.79 Å². The Balaban J connectivity index is 1.61. The molecule has 1 saturated carbocycles. The largest absolute Gasteiger partial charge is 0.371 e. The number of ether oxygens (including phenoxy) is 1. The number of benzene rings is 1. The standard InChI is InChI=1S/C17H19N3O2/c1-12-18-8-7-16(19-12)14-3-2-4-15(9-14)20-17(21)11-22-10-13-5-6-13/h2-4,7-9,13H,5-6,10-11H2,1H3,(H,20,21). The number of hydrogen-bond acceptors (Lipinski definition) is 4. The third-order valence-electron chi connectivity index (χ3n) is 3.50. The Bertz CT molecular complexity index is 668. The molecule has 1 aromatic carbocycles. The Morgan fingerprint density at radius 3 is 3.00 bits per heavy atom. The lowest BCUT2D eigenvalue weighted by atomic mass is 10.1. The molecule has 0 saturated heterocycles. The van der Waals surface area contributed by atoms with Crippen molar-refractivity contribution in [2.45, 2.75) is 19.8 Å². The fourth-order valence-electron chi connectivity index (χ4n) is 2.17. The van der Waals surface area contributed by atoms with E-state index < -0.39 is 0 Å². The molecule has 2 aromatic rings. The van der Waals surface area contributed by atoms with E-state index in [0.29, 0.717) is 12.5 Å². The van der Waals surface area contributed by atoms with Crippen LogP contribution >= 0.6 is 0 Å². The van der Waals surface area contributed by atoms with Gasteiger partial charge in [-0.25, -0.2) is 9.97 Å². The second-order valence-electron chi connectivity index (χ2n) is 5.58. The first-order valence-corrected chi connectivity index (χ1v) is 7.48. The Morgan fingerprint density at radius 2 is 2.23 bits per heavy atom. The van der Waals surface area contributed by atoms with Gasteiger partial charge >= 0.3 is 0 Å². The van der Waals surface area contributed by atoms with Crippen molar-refractivity contribution < 1.29 is 9.53 Å². The summed E-state index contributed by atoms with van der Waals surface area (Å²) in [6.07, 6.45) is 4.18. The summed E-state index contributed by atoms with van der Waals surface area (Å²) in [7, 11) is 0. The van der Waals surface area contributed by atoms with Gasteiger partial charge in [-0.05, 0) is 43.9 Å². The summed E-state index contributed by atoms with van der Waals surface area (Å²) in [4.78, 5) is 20.3. The molecule has 5 heteroatoms. The zero-order valence-corrected chi connectivity index (χ0v) is 12.6. The lowest BCUT2D eigenvalue weighted by Crippen LogP contribution is -2.19. The van der Waals surface area contributed by atoms with Crippen LogP contribution in [0, 0.1) is 12.8 Å². The van der Waals surface area contributed by atoms with Gasteiger partial charge in [0.2, 0.25) is 5.91 Å². The quantitative estimate of drug-likeness (QED) is 0.890. The van der Waals surface area contributed by atoms with E-state index in [1.807, 2.05) is 37.3 Å². The van der Waals surface area contributed by atoms with E-state index >= 15 is 0 Å². The Morgan fingerprint density at radius 1 is 1.36 bits per heavy atom.